The van der Waals surface area contributed by atoms with Crippen molar-refractivity contribution in [2.24, 2.45) is 5.92 Å². The summed E-state index contributed by atoms with van der Waals surface area (Å²) < 4.78 is 17.7. The predicted molar refractivity (Wildman–Crippen MR) is 124 cm³/mol. The van der Waals surface area contributed by atoms with Gasteiger partial charge in [0.25, 0.3) is 0 Å². The second kappa shape index (κ2) is 9.39. The topological polar surface area (TPSA) is 69.7 Å². The molecule has 2 atom stereocenters. The van der Waals surface area contributed by atoms with Crippen molar-refractivity contribution in [2.45, 2.75) is 77.5 Å². The molecule has 0 radical (unpaired) electrons. The van der Waals surface area contributed by atoms with Gasteiger partial charge in [0.05, 0.1) is 6.04 Å². The Labute approximate surface area is 190 Å². The van der Waals surface area contributed by atoms with Crippen LogP contribution in [0.15, 0.2) is 36.7 Å². The first kappa shape index (κ1) is 22.4. The highest BCUT2D eigenvalue weighted by molar-refractivity contribution is 5.76. The van der Waals surface area contributed by atoms with Gasteiger partial charge in [-0.2, -0.15) is 0 Å². The van der Waals surface area contributed by atoms with Crippen molar-refractivity contribution in [2.75, 3.05) is 6.61 Å². The van der Waals surface area contributed by atoms with Crippen LogP contribution in [0.25, 0.3) is 11.1 Å². The first-order valence-corrected chi connectivity index (χ1v) is 11.7. The Morgan fingerprint density at radius 3 is 2.75 bits per heavy atom. The number of carbonyl (C=O) groups is 1. The summed E-state index contributed by atoms with van der Waals surface area (Å²) in [6.07, 6.45) is 9.07. The maximum Gasteiger partial charge on any atom is 0.407 e. The number of amides is 1. The van der Waals surface area contributed by atoms with Crippen LogP contribution in [0.5, 0.6) is 11.5 Å². The standard InChI is InChI=1S/C26H34N2O4/c1-17-23-15-27-12-11-21(23)22-10-9-20(14-24(22)31-17)30-16-19(13-18-7-5-6-8-18)28-25(29)32-26(2,3)4/h9-12,14-15,17-19H,5-8,13,16H2,1-4H3,(H,28,29). The number of hydrogen-bond acceptors (Lipinski definition) is 5. The van der Waals surface area contributed by atoms with E-state index >= 15 is 0 Å². The van der Waals surface area contributed by atoms with Crippen molar-refractivity contribution >= 4 is 6.09 Å². The Balaban J connectivity index is 1.44. The van der Waals surface area contributed by atoms with Crippen LogP contribution in [0.3, 0.4) is 0 Å². The molecule has 1 aromatic carbocycles. The molecule has 1 saturated carbocycles. The zero-order valence-electron chi connectivity index (χ0n) is 19.5. The van der Waals surface area contributed by atoms with E-state index < -0.39 is 11.7 Å². The molecule has 172 valence electrons. The van der Waals surface area contributed by atoms with Crippen molar-refractivity contribution in [1.29, 1.82) is 0 Å². The van der Waals surface area contributed by atoms with E-state index in [1.54, 1.807) is 6.20 Å². The fraction of sp³-hybridized carbons (Fsp3) is 0.538. The molecule has 0 spiro atoms. The van der Waals surface area contributed by atoms with Gasteiger partial charge in [0.2, 0.25) is 0 Å². The van der Waals surface area contributed by atoms with Crippen molar-refractivity contribution in [3.63, 3.8) is 0 Å². The lowest BCUT2D eigenvalue weighted by molar-refractivity contribution is 0.0478. The van der Waals surface area contributed by atoms with Crippen LogP contribution in [0.4, 0.5) is 4.79 Å². The van der Waals surface area contributed by atoms with Gasteiger partial charge in [0.15, 0.2) is 0 Å². The van der Waals surface area contributed by atoms with Crippen LogP contribution in [0.1, 0.15) is 71.5 Å². The Morgan fingerprint density at radius 2 is 2.00 bits per heavy atom. The van der Waals surface area contributed by atoms with Gasteiger partial charge in [-0.3, -0.25) is 4.98 Å². The summed E-state index contributed by atoms with van der Waals surface area (Å²) >= 11 is 0. The average molecular weight is 439 g/mol. The van der Waals surface area contributed by atoms with Crippen molar-refractivity contribution in [3.8, 4) is 22.6 Å². The number of fused-ring (bicyclic) bond motifs is 3. The van der Waals surface area contributed by atoms with Crippen LogP contribution in [-0.2, 0) is 4.74 Å². The third-order valence-electron chi connectivity index (χ3n) is 6.10. The first-order chi connectivity index (χ1) is 15.3. The number of nitrogens with one attached hydrogen (secondary N) is 1. The number of hydrogen-bond donors (Lipinski definition) is 1. The summed E-state index contributed by atoms with van der Waals surface area (Å²) in [5.74, 6) is 2.16. The van der Waals surface area contributed by atoms with Crippen LogP contribution in [-0.4, -0.2) is 29.3 Å². The van der Waals surface area contributed by atoms with E-state index in [1.165, 1.54) is 25.7 Å². The molecule has 2 aromatic rings. The Hall–Kier alpha value is -2.76. The number of pyridine rings is 1. The van der Waals surface area contributed by atoms with Crippen molar-refractivity contribution < 1.29 is 19.0 Å². The van der Waals surface area contributed by atoms with Crippen LogP contribution < -0.4 is 14.8 Å². The first-order valence-electron chi connectivity index (χ1n) is 11.7. The van der Waals surface area contributed by atoms with Gasteiger partial charge in [0.1, 0.15) is 29.8 Å². The second-order valence-electron chi connectivity index (χ2n) is 9.92. The molecule has 6 nitrogen and oxygen atoms in total. The highest BCUT2D eigenvalue weighted by Crippen LogP contribution is 2.43. The molecule has 2 aliphatic rings. The summed E-state index contributed by atoms with van der Waals surface area (Å²) in [5, 5.41) is 3.03. The molecule has 1 aromatic heterocycles. The largest absolute Gasteiger partial charge is 0.491 e. The zero-order valence-corrected chi connectivity index (χ0v) is 19.5. The van der Waals surface area contributed by atoms with E-state index in [-0.39, 0.29) is 12.1 Å². The summed E-state index contributed by atoms with van der Waals surface area (Å²) in [6.45, 7) is 8.04. The molecule has 1 N–H and O–H groups in total. The molecule has 2 heterocycles. The number of aromatic nitrogens is 1. The highest BCUT2D eigenvalue weighted by atomic mass is 16.6. The number of rotatable bonds is 6. The molecule has 0 saturated heterocycles. The lowest BCUT2D eigenvalue weighted by atomic mass is 9.95. The average Bonchev–Trinajstić information content (AvgIpc) is 3.24. The molecular weight excluding hydrogens is 404 g/mol. The SMILES string of the molecule is CC1Oc2cc(OCC(CC3CCCC3)NC(=O)OC(C)(C)C)ccc2-c2ccncc21. The minimum Gasteiger partial charge on any atom is -0.491 e. The van der Waals surface area contributed by atoms with E-state index in [4.69, 9.17) is 14.2 Å². The monoisotopic (exact) mass is 438 g/mol. The normalized spacial score (nSPS) is 18.8. The van der Waals surface area contributed by atoms with E-state index in [0.717, 1.165) is 34.6 Å². The molecule has 6 heteroatoms. The molecule has 32 heavy (non-hydrogen) atoms. The van der Waals surface area contributed by atoms with E-state index in [2.05, 4.69) is 10.3 Å². The van der Waals surface area contributed by atoms with Crippen LogP contribution in [0, 0.1) is 5.92 Å². The van der Waals surface area contributed by atoms with E-state index in [1.807, 2.05) is 58.2 Å². The van der Waals surface area contributed by atoms with Gasteiger partial charge in [-0.25, -0.2) is 4.79 Å². The molecule has 4 rings (SSSR count). The fourth-order valence-corrected chi connectivity index (χ4v) is 4.63. The molecule has 1 amide bonds. The summed E-state index contributed by atoms with van der Waals surface area (Å²) in [6, 6.07) is 7.85. The molecule has 2 unspecified atom stereocenters. The second-order valence-corrected chi connectivity index (χ2v) is 9.92. The van der Waals surface area contributed by atoms with E-state index in [0.29, 0.717) is 12.5 Å². The highest BCUT2D eigenvalue weighted by Gasteiger charge is 2.26. The molecular formula is C26H34N2O4. The number of benzene rings is 1. The van der Waals surface area contributed by atoms with Gasteiger partial charge >= 0.3 is 6.09 Å². The Kier molecular flexibility index (Phi) is 6.58. The molecule has 1 aliphatic carbocycles. The number of alkyl carbamates (subject to hydrolysis) is 1. The Bertz CT molecular complexity index is 947. The molecule has 1 aliphatic heterocycles. The number of nitrogens with zero attached hydrogens (tertiary/aromatic N) is 1. The van der Waals surface area contributed by atoms with Crippen LogP contribution >= 0.6 is 0 Å². The maximum atomic E-state index is 12.4. The van der Waals surface area contributed by atoms with Crippen molar-refractivity contribution in [1.82, 2.24) is 10.3 Å². The van der Waals surface area contributed by atoms with Gasteiger partial charge in [-0.1, -0.05) is 25.7 Å². The number of ether oxygens (including phenoxy) is 3. The smallest absolute Gasteiger partial charge is 0.407 e. The van der Waals surface area contributed by atoms with Gasteiger partial charge in [-0.05, 0) is 63.8 Å². The summed E-state index contributed by atoms with van der Waals surface area (Å²) in [5.41, 5.74) is 2.75. The minimum atomic E-state index is -0.527. The van der Waals surface area contributed by atoms with Gasteiger partial charge < -0.3 is 19.5 Å². The predicted octanol–water partition coefficient (Wildman–Crippen LogP) is 6.05. The maximum absolute atomic E-state index is 12.4. The number of carbonyl (C=O) groups excluding carboxylic acids is 1. The molecule has 0 bridgehead atoms. The quantitative estimate of drug-likeness (QED) is 0.594. The Morgan fingerprint density at radius 1 is 1.22 bits per heavy atom. The zero-order chi connectivity index (χ0) is 22.7. The van der Waals surface area contributed by atoms with Crippen LogP contribution in [0.2, 0.25) is 0 Å². The lowest BCUT2D eigenvalue weighted by Gasteiger charge is -2.27. The third kappa shape index (κ3) is 5.53. The fourth-order valence-electron chi connectivity index (χ4n) is 4.63. The minimum absolute atomic E-state index is 0.0644. The van der Waals surface area contributed by atoms with Gasteiger partial charge in [-0.15, -0.1) is 0 Å². The van der Waals surface area contributed by atoms with Crippen molar-refractivity contribution in [3.05, 3.63) is 42.2 Å². The van der Waals surface area contributed by atoms with E-state index in [9.17, 15) is 4.79 Å². The lowest BCUT2D eigenvalue weighted by Crippen LogP contribution is -2.43. The summed E-state index contributed by atoms with van der Waals surface area (Å²) in [7, 11) is 0. The molecule has 1 fully saturated rings. The third-order valence-corrected chi connectivity index (χ3v) is 6.10. The summed E-state index contributed by atoms with van der Waals surface area (Å²) in [4.78, 5) is 16.6. The van der Waals surface area contributed by atoms with Gasteiger partial charge in [0, 0.05) is 29.6 Å².